The second-order valence-electron chi connectivity index (χ2n) is 4.55. The molecule has 1 amide bonds. The van der Waals surface area contributed by atoms with Gasteiger partial charge >= 0.3 is 0 Å². The van der Waals surface area contributed by atoms with E-state index in [2.05, 4.69) is 5.32 Å². The van der Waals surface area contributed by atoms with Crippen molar-refractivity contribution in [3.8, 4) is 0 Å². The van der Waals surface area contributed by atoms with Crippen molar-refractivity contribution in [2.75, 3.05) is 19.6 Å². The summed E-state index contributed by atoms with van der Waals surface area (Å²) in [6.07, 6.45) is 0.309. The molecule has 5 heteroatoms. The molecule has 0 spiro atoms. The Balaban J connectivity index is 2.08. The number of nitrogens with zero attached hydrogens (tertiary/aromatic N) is 1. The van der Waals surface area contributed by atoms with Gasteiger partial charge in [0.2, 0.25) is 5.91 Å². The number of halogens is 2. The van der Waals surface area contributed by atoms with Gasteiger partial charge in [0.1, 0.15) is 0 Å². The van der Waals surface area contributed by atoms with Gasteiger partial charge in [-0.1, -0.05) is 23.2 Å². The van der Waals surface area contributed by atoms with Gasteiger partial charge < -0.3 is 10.2 Å². The zero-order valence-electron chi connectivity index (χ0n) is 10.2. The molecule has 18 heavy (non-hydrogen) atoms. The van der Waals surface area contributed by atoms with Crippen molar-refractivity contribution in [2.45, 2.75) is 19.4 Å². The Morgan fingerprint density at radius 3 is 3.00 bits per heavy atom. The zero-order valence-corrected chi connectivity index (χ0v) is 11.8. The summed E-state index contributed by atoms with van der Waals surface area (Å²) in [5.74, 6) is 0.105. The predicted molar refractivity (Wildman–Crippen MR) is 74.2 cm³/mol. The summed E-state index contributed by atoms with van der Waals surface area (Å²) < 4.78 is 0. The van der Waals surface area contributed by atoms with E-state index in [0.717, 1.165) is 25.2 Å². The smallest absolute Gasteiger partial charge is 0.227 e. The Morgan fingerprint density at radius 2 is 2.28 bits per heavy atom. The fourth-order valence-corrected chi connectivity index (χ4v) is 2.53. The molecule has 1 N–H and O–H groups in total. The number of carbonyl (C=O) groups excluding carboxylic acids is 1. The third-order valence-corrected chi connectivity index (χ3v) is 3.77. The lowest BCUT2D eigenvalue weighted by Gasteiger charge is -2.34. The van der Waals surface area contributed by atoms with E-state index in [4.69, 9.17) is 23.2 Å². The highest BCUT2D eigenvalue weighted by molar-refractivity contribution is 6.33. The molecule has 0 aromatic heterocycles. The van der Waals surface area contributed by atoms with Crippen LogP contribution in [0.15, 0.2) is 18.2 Å². The van der Waals surface area contributed by atoms with Gasteiger partial charge in [-0.3, -0.25) is 4.79 Å². The Labute approximate surface area is 117 Å². The molecule has 0 radical (unpaired) electrons. The number of piperazine rings is 1. The molecule has 1 aromatic carbocycles. The normalized spacial score (nSPS) is 19.9. The van der Waals surface area contributed by atoms with Gasteiger partial charge in [0.05, 0.1) is 6.42 Å². The van der Waals surface area contributed by atoms with E-state index in [1.807, 2.05) is 11.8 Å². The van der Waals surface area contributed by atoms with Gasteiger partial charge in [-0.15, -0.1) is 0 Å². The van der Waals surface area contributed by atoms with E-state index in [1.54, 1.807) is 18.2 Å². The van der Waals surface area contributed by atoms with Gasteiger partial charge in [-0.05, 0) is 30.7 Å². The molecule has 1 aliphatic rings. The molecular formula is C13H16Cl2N2O. The van der Waals surface area contributed by atoms with E-state index in [0.29, 0.717) is 16.5 Å². The lowest BCUT2D eigenvalue weighted by Crippen LogP contribution is -2.52. The van der Waals surface area contributed by atoms with Gasteiger partial charge in [-0.2, -0.15) is 0 Å². The van der Waals surface area contributed by atoms with Crippen molar-refractivity contribution in [3.05, 3.63) is 33.8 Å². The molecule has 0 unspecified atom stereocenters. The number of hydrogen-bond donors (Lipinski definition) is 1. The number of amides is 1. The number of carbonyl (C=O) groups is 1. The van der Waals surface area contributed by atoms with E-state index in [9.17, 15) is 4.79 Å². The fraction of sp³-hybridized carbons (Fsp3) is 0.462. The van der Waals surface area contributed by atoms with Gasteiger partial charge in [0.15, 0.2) is 0 Å². The molecule has 1 aromatic rings. The van der Waals surface area contributed by atoms with Crippen molar-refractivity contribution in [3.63, 3.8) is 0 Å². The van der Waals surface area contributed by atoms with Crippen molar-refractivity contribution >= 4 is 29.1 Å². The summed E-state index contributed by atoms with van der Waals surface area (Å²) >= 11 is 12.0. The second-order valence-corrected chi connectivity index (χ2v) is 5.40. The number of hydrogen-bond acceptors (Lipinski definition) is 2. The number of nitrogens with one attached hydrogen (secondary N) is 1. The molecule has 0 saturated carbocycles. The Morgan fingerprint density at radius 1 is 1.50 bits per heavy atom. The molecule has 1 saturated heterocycles. The molecule has 3 nitrogen and oxygen atoms in total. The first-order chi connectivity index (χ1) is 8.58. The predicted octanol–water partition coefficient (Wildman–Crippen LogP) is 2.36. The van der Waals surface area contributed by atoms with Crippen LogP contribution in [0.2, 0.25) is 10.0 Å². The van der Waals surface area contributed by atoms with E-state index >= 15 is 0 Å². The first kappa shape index (κ1) is 13.7. The molecule has 98 valence electrons. The second kappa shape index (κ2) is 5.91. The van der Waals surface area contributed by atoms with Crippen LogP contribution in [-0.4, -0.2) is 36.5 Å². The Hall–Kier alpha value is -0.770. The van der Waals surface area contributed by atoms with Crippen LogP contribution >= 0.6 is 23.2 Å². The van der Waals surface area contributed by atoms with Crippen LogP contribution in [0, 0.1) is 0 Å². The summed E-state index contributed by atoms with van der Waals surface area (Å²) in [6.45, 7) is 4.48. The van der Waals surface area contributed by atoms with Crippen molar-refractivity contribution in [1.29, 1.82) is 0 Å². The third kappa shape index (κ3) is 3.16. The van der Waals surface area contributed by atoms with E-state index < -0.39 is 0 Å². The van der Waals surface area contributed by atoms with Crippen LogP contribution in [0.4, 0.5) is 0 Å². The lowest BCUT2D eigenvalue weighted by atomic mass is 10.1. The maximum absolute atomic E-state index is 12.2. The maximum atomic E-state index is 12.2. The Bertz CT molecular complexity index is 451. The minimum Gasteiger partial charge on any atom is -0.337 e. The minimum atomic E-state index is 0.105. The van der Waals surface area contributed by atoms with Crippen molar-refractivity contribution in [2.24, 2.45) is 0 Å². The highest BCUT2D eigenvalue weighted by Crippen LogP contribution is 2.22. The van der Waals surface area contributed by atoms with Crippen LogP contribution in [0.25, 0.3) is 0 Å². The average molecular weight is 287 g/mol. The molecular weight excluding hydrogens is 271 g/mol. The first-order valence-electron chi connectivity index (χ1n) is 6.02. The van der Waals surface area contributed by atoms with Crippen LogP contribution < -0.4 is 5.32 Å². The SMILES string of the molecule is C[C@H]1CNCCN1C(=O)Cc1cc(Cl)ccc1Cl. The quantitative estimate of drug-likeness (QED) is 0.905. The first-order valence-corrected chi connectivity index (χ1v) is 6.77. The summed E-state index contributed by atoms with van der Waals surface area (Å²) in [5, 5.41) is 4.46. The standard InChI is InChI=1S/C13H16Cl2N2O/c1-9-8-16-4-5-17(9)13(18)7-10-6-11(14)2-3-12(10)15/h2-3,6,9,16H,4-5,7-8H2,1H3/t9-/m0/s1. The van der Waals surface area contributed by atoms with Crippen LogP contribution in [-0.2, 0) is 11.2 Å². The molecule has 0 aliphatic carbocycles. The molecule has 1 atom stereocenters. The molecule has 1 heterocycles. The number of benzene rings is 1. The molecule has 0 bridgehead atoms. The summed E-state index contributed by atoms with van der Waals surface area (Å²) in [6, 6.07) is 5.44. The van der Waals surface area contributed by atoms with Gasteiger partial charge in [0, 0.05) is 35.7 Å². The topological polar surface area (TPSA) is 32.3 Å². The summed E-state index contributed by atoms with van der Waals surface area (Å²) in [7, 11) is 0. The average Bonchev–Trinajstić information content (AvgIpc) is 2.34. The van der Waals surface area contributed by atoms with E-state index in [1.165, 1.54) is 0 Å². The minimum absolute atomic E-state index is 0.105. The van der Waals surface area contributed by atoms with Crippen LogP contribution in [0.5, 0.6) is 0 Å². The maximum Gasteiger partial charge on any atom is 0.227 e. The van der Waals surface area contributed by atoms with Crippen molar-refractivity contribution < 1.29 is 4.79 Å². The highest BCUT2D eigenvalue weighted by atomic mass is 35.5. The zero-order chi connectivity index (χ0) is 13.1. The Kier molecular flexibility index (Phi) is 4.49. The number of rotatable bonds is 2. The molecule has 2 rings (SSSR count). The summed E-state index contributed by atoms with van der Waals surface area (Å²) in [4.78, 5) is 14.1. The largest absolute Gasteiger partial charge is 0.337 e. The molecule has 1 aliphatic heterocycles. The van der Waals surface area contributed by atoms with E-state index in [-0.39, 0.29) is 11.9 Å². The van der Waals surface area contributed by atoms with Crippen LogP contribution in [0.3, 0.4) is 0 Å². The summed E-state index contributed by atoms with van der Waals surface area (Å²) in [5.41, 5.74) is 0.792. The third-order valence-electron chi connectivity index (χ3n) is 3.17. The van der Waals surface area contributed by atoms with Crippen molar-refractivity contribution in [1.82, 2.24) is 10.2 Å². The highest BCUT2D eigenvalue weighted by Gasteiger charge is 2.23. The van der Waals surface area contributed by atoms with Crippen LogP contribution in [0.1, 0.15) is 12.5 Å². The fourth-order valence-electron chi connectivity index (χ4n) is 2.15. The lowest BCUT2D eigenvalue weighted by molar-refractivity contribution is -0.133. The monoisotopic (exact) mass is 286 g/mol. The molecule has 1 fully saturated rings. The van der Waals surface area contributed by atoms with Gasteiger partial charge in [0.25, 0.3) is 0 Å². The van der Waals surface area contributed by atoms with Gasteiger partial charge in [-0.25, -0.2) is 0 Å².